The number of rotatable bonds is 7. The lowest BCUT2D eigenvalue weighted by Crippen LogP contribution is -2.33. The largest absolute Gasteiger partial charge is 0.481 e. The number of aliphatic carboxylic acids is 1. The second-order valence-corrected chi connectivity index (χ2v) is 5.02. The lowest BCUT2D eigenvalue weighted by Gasteiger charge is -2.13. The third-order valence-corrected chi connectivity index (χ3v) is 3.04. The molecule has 0 radical (unpaired) electrons. The number of nitrogens with one attached hydrogen (secondary N) is 1. The molecule has 1 unspecified atom stereocenters. The predicted octanol–water partition coefficient (Wildman–Crippen LogP) is 2.62. The van der Waals surface area contributed by atoms with E-state index in [1.54, 1.807) is 6.92 Å². The van der Waals surface area contributed by atoms with Crippen molar-refractivity contribution < 1.29 is 19.6 Å². The van der Waals surface area contributed by atoms with Gasteiger partial charge in [0, 0.05) is 23.6 Å². The van der Waals surface area contributed by atoms with Gasteiger partial charge >= 0.3 is 5.97 Å². The number of benzene rings is 1. The summed E-state index contributed by atoms with van der Waals surface area (Å²) >= 11 is 5.75. The molecule has 1 aromatic rings. The molecule has 8 heteroatoms. The summed E-state index contributed by atoms with van der Waals surface area (Å²) in [5, 5.41) is 22.2. The summed E-state index contributed by atoms with van der Waals surface area (Å²) in [7, 11) is 0. The molecule has 2 N–H and O–H groups in total. The van der Waals surface area contributed by atoms with Crippen molar-refractivity contribution in [2.45, 2.75) is 32.2 Å². The molecule has 0 aliphatic carbocycles. The van der Waals surface area contributed by atoms with Gasteiger partial charge in [-0.1, -0.05) is 11.6 Å². The zero-order valence-corrected chi connectivity index (χ0v) is 12.1. The van der Waals surface area contributed by atoms with E-state index in [0.29, 0.717) is 12.8 Å². The Kier molecular flexibility index (Phi) is 6.10. The summed E-state index contributed by atoms with van der Waals surface area (Å²) in [5.74, 6) is -1.51. The smallest absolute Gasteiger partial charge is 0.303 e. The Labute approximate surface area is 126 Å². The van der Waals surface area contributed by atoms with Gasteiger partial charge in [0.15, 0.2) is 0 Å². The molecule has 0 saturated carbocycles. The first-order valence-corrected chi connectivity index (χ1v) is 6.65. The summed E-state index contributed by atoms with van der Waals surface area (Å²) in [5.41, 5.74) is -0.438. The molecule has 0 fully saturated rings. The first-order valence-electron chi connectivity index (χ1n) is 6.28. The van der Waals surface area contributed by atoms with Crippen molar-refractivity contribution in [3.8, 4) is 0 Å². The zero-order valence-electron chi connectivity index (χ0n) is 11.3. The lowest BCUT2D eigenvalue weighted by atomic mass is 10.1. The third-order valence-electron chi connectivity index (χ3n) is 2.81. The molecular weight excluding hydrogens is 300 g/mol. The van der Waals surface area contributed by atoms with Crippen LogP contribution >= 0.6 is 11.6 Å². The average Bonchev–Trinajstić information content (AvgIpc) is 2.37. The maximum absolute atomic E-state index is 12.0. The van der Waals surface area contributed by atoms with Gasteiger partial charge in [-0.2, -0.15) is 0 Å². The molecule has 0 aliphatic heterocycles. The number of carboxylic acid groups (broad SMARTS) is 1. The van der Waals surface area contributed by atoms with Crippen LogP contribution in [0.4, 0.5) is 5.69 Å². The molecule has 0 heterocycles. The summed E-state index contributed by atoms with van der Waals surface area (Å²) in [6.45, 7) is 1.70. The van der Waals surface area contributed by atoms with E-state index in [0.717, 1.165) is 0 Å². The molecule has 7 nitrogen and oxygen atoms in total. The minimum atomic E-state index is -0.904. The zero-order chi connectivity index (χ0) is 16.0. The Hall–Kier alpha value is -2.15. The third kappa shape index (κ3) is 5.39. The number of nitrogens with zero attached hydrogens (tertiary/aromatic N) is 1. The summed E-state index contributed by atoms with van der Waals surface area (Å²) < 4.78 is 0. The Morgan fingerprint density at radius 3 is 2.71 bits per heavy atom. The van der Waals surface area contributed by atoms with Crippen LogP contribution in [0.3, 0.4) is 0 Å². The Morgan fingerprint density at radius 1 is 1.48 bits per heavy atom. The molecule has 0 aliphatic rings. The van der Waals surface area contributed by atoms with Gasteiger partial charge < -0.3 is 10.4 Å². The van der Waals surface area contributed by atoms with Crippen LogP contribution < -0.4 is 5.32 Å². The van der Waals surface area contributed by atoms with Crippen molar-refractivity contribution in [2.24, 2.45) is 0 Å². The quantitative estimate of drug-likeness (QED) is 0.594. The summed E-state index contributed by atoms with van der Waals surface area (Å²) in [6, 6.07) is 3.45. The molecule has 1 aromatic carbocycles. The number of carboxylic acids is 1. The lowest BCUT2D eigenvalue weighted by molar-refractivity contribution is -0.385. The molecule has 1 atom stereocenters. The van der Waals surface area contributed by atoms with E-state index in [4.69, 9.17) is 16.7 Å². The highest BCUT2D eigenvalue weighted by molar-refractivity contribution is 6.31. The van der Waals surface area contributed by atoms with Gasteiger partial charge in [0.25, 0.3) is 11.6 Å². The van der Waals surface area contributed by atoms with Gasteiger partial charge in [0.1, 0.15) is 5.56 Å². The van der Waals surface area contributed by atoms with E-state index < -0.39 is 16.8 Å². The first kappa shape index (κ1) is 16.9. The van der Waals surface area contributed by atoms with E-state index in [2.05, 4.69) is 5.32 Å². The summed E-state index contributed by atoms with van der Waals surface area (Å²) in [6.07, 6.45) is 0.887. The highest BCUT2D eigenvalue weighted by atomic mass is 35.5. The van der Waals surface area contributed by atoms with Gasteiger partial charge in [-0.3, -0.25) is 19.7 Å². The molecule has 0 spiro atoms. The van der Waals surface area contributed by atoms with Crippen LogP contribution in [0.25, 0.3) is 0 Å². The molecule has 0 bridgehead atoms. The number of hydrogen-bond donors (Lipinski definition) is 2. The first-order chi connectivity index (χ1) is 9.81. The predicted molar refractivity (Wildman–Crippen MR) is 76.5 cm³/mol. The highest BCUT2D eigenvalue weighted by Gasteiger charge is 2.21. The molecule has 1 rings (SSSR count). The van der Waals surface area contributed by atoms with Crippen molar-refractivity contribution in [1.29, 1.82) is 0 Å². The van der Waals surface area contributed by atoms with Crippen molar-refractivity contribution in [2.75, 3.05) is 0 Å². The monoisotopic (exact) mass is 314 g/mol. The molecular formula is C13H15ClN2O5. The van der Waals surface area contributed by atoms with Crippen LogP contribution in [0.1, 0.15) is 36.5 Å². The van der Waals surface area contributed by atoms with Gasteiger partial charge in [0.05, 0.1) is 4.92 Å². The number of hydrogen-bond acceptors (Lipinski definition) is 4. The van der Waals surface area contributed by atoms with Crippen LogP contribution in [0.2, 0.25) is 5.02 Å². The Morgan fingerprint density at radius 2 is 2.14 bits per heavy atom. The average molecular weight is 315 g/mol. The van der Waals surface area contributed by atoms with Gasteiger partial charge in [-0.25, -0.2) is 0 Å². The Bertz CT molecular complexity index is 561. The van der Waals surface area contributed by atoms with Crippen LogP contribution in [-0.4, -0.2) is 27.9 Å². The minimum absolute atomic E-state index is 0.0114. The number of nitro benzene ring substituents is 1. The molecule has 0 saturated heterocycles. The fourth-order valence-electron chi connectivity index (χ4n) is 1.78. The van der Waals surface area contributed by atoms with E-state index in [9.17, 15) is 19.7 Å². The second-order valence-electron chi connectivity index (χ2n) is 4.58. The van der Waals surface area contributed by atoms with Crippen LogP contribution in [0.5, 0.6) is 0 Å². The Balaban J connectivity index is 2.73. The van der Waals surface area contributed by atoms with Gasteiger partial charge in [-0.05, 0) is 31.9 Å². The normalized spacial score (nSPS) is 11.7. The number of carbonyl (C=O) groups is 2. The SMILES string of the molecule is CC(CCCC(=O)O)NC(=O)c1cc(Cl)ccc1[N+](=O)[O-]. The molecule has 1 amide bonds. The molecule has 114 valence electrons. The van der Waals surface area contributed by atoms with Crippen LogP contribution in [-0.2, 0) is 4.79 Å². The second kappa shape index (κ2) is 7.58. The minimum Gasteiger partial charge on any atom is -0.481 e. The van der Waals surface area contributed by atoms with Crippen LogP contribution in [0, 0.1) is 10.1 Å². The standard InChI is InChI=1S/C13H15ClN2O5/c1-8(3-2-4-12(17)18)15-13(19)10-7-9(14)5-6-11(10)16(20)21/h5-8H,2-4H2,1H3,(H,15,19)(H,17,18). The topological polar surface area (TPSA) is 110 Å². The van der Waals surface area contributed by atoms with Crippen molar-refractivity contribution in [3.63, 3.8) is 0 Å². The van der Waals surface area contributed by atoms with Crippen molar-refractivity contribution in [3.05, 3.63) is 38.9 Å². The van der Waals surface area contributed by atoms with E-state index in [-0.39, 0.29) is 28.7 Å². The maximum Gasteiger partial charge on any atom is 0.303 e. The van der Waals surface area contributed by atoms with Crippen molar-refractivity contribution >= 4 is 29.2 Å². The highest BCUT2D eigenvalue weighted by Crippen LogP contribution is 2.22. The fourth-order valence-corrected chi connectivity index (χ4v) is 1.95. The molecule has 21 heavy (non-hydrogen) atoms. The summed E-state index contributed by atoms with van der Waals surface area (Å²) in [4.78, 5) is 32.7. The van der Waals surface area contributed by atoms with E-state index in [1.165, 1.54) is 18.2 Å². The molecule has 0 aromatic heterocycles. The number of nitro groups is 1. The number of amides is 1. The number of halogens is 1. The maximum atomic E-state index is 12.0. The van der Waals surface area contributed by atoms with E-state index in [1.807, 2.05) is 0 Å². The van der Waals surface area contributed by atoms with Gasteiger partial charge in [-0.15, -0.1) is 0 Å². The fraction of sp³-hybridized carbons (Fsp3) is 0.385. The van der Waals surface area contributed by atoms with Crippen molar-refractivity contribution in [1.82, 2.24) is 5.32 Å². The van der Waals surface area contributed by atoms with Gasteiger partial charge in [0.2, 0.25) is 0 Å². The van der Waals surface area contributed by atoms with Crippen LogP contribution in [0.15, 0.2) is 18.2 Å². The number of carbonyl (C=O) groups excluding carboxylic acids is 1. The van der Waals surface area contributed by atoms with E-state index >= 15 is 0 Å².